The summed E-state index contributed by atoms with van der Waals surface area (Å²) in [6, 6.07) is 10.2. The van der Waals surface area contributed by atoms with Crippen molar-refractivity contribution in [3.8, 4) is 0 Å². The molecule has 1 unspecified atom stereocenters. The predicted octanol–water partition coefficient (Wildman–Crippen LogP) is 2.11. The van der Waals surface area contributed by atoms with Crippen LogP contribution in [0.15, 0.2) is 36.4 Å². The minimum absolute atomic E-state index is 0.123. The largest absolute Gasteiger partial charge is 0.392 e. The molecule has 1 atom stereocenters. The van der Waals surface area contributed by atoms with Crippen molar-refractivity contribution in [3.63, 3.8) is 0 Å². The van der Waals surface area contributed by atoms with Crippen LogP contribution in [0.25, 0.3) is 10.8 Å². The van der Waals surface area contributed by atoms with Crippen LogP contribution in [0.4, 0.5) is 0 Å². The Labute approximate surface area is 121 Å². The molecule has 1 heterocycles. The number of nitrogens with two attached hydrogens (primary N) is 1. The van der Waals surface area contributed by atoms with E-state index in [1.165, 1.54) is 0 Å². The molecule has 20 heavy (non-hydrogen) atoms. The first-order chi connectivity index (χ1) is 9.52. The Hall–Kier alpha value is -2.27. The third-order valence-electron chi connectivity index (χ3n) is 3.60. The van der Waals surface area contributed by atoms with Crippen LogP contribution in [0.1, 0.15) is 27.6 Å². The Bertz CT molecular complexity index is 719. The lowest BCUT2D eigenvalue weighted by Crippen LogP contribution is -2.50. The maximum atomic E-state index is 12.5. The van der Waals surface area contributed by atoms with Gasteiger partial charge >= 0.3 is 0 Å². The fraction of sp³-hybridized carbons (Fsp3) is 0.133. The molecule has 4 nitrogen and oxygen atoms in total. The molecule has 0 aliphatic carbocycles. The monoisotopic (exact) mass is 284 g/mol. The van der Waals surface area contributed by atoms with E-state index < -0.39 is 6.04 Å². The number of rotatable bonds is 2. The van der Waals surface area contributed by atoms with Crippen molar-refractivity contribution in [1.29, 1.82) is 0 Å². The minimum Gasteiger partial charge on any atom is -0.392 e. The van der Waals surface area contributed by atoms with E-state index in [1.807, 2.05) is 12.1 Å². The number of amides is 2. The van der Waals surface area contributed by atoms with Crippen LogP contribution in [-0.2, 0) is 0 Å². The average molecular weight is 284 g/mol. The predicted molar refractivity (Wildman–Crippen MR) is 80.7 cm³/mol. The van der Waals surface area contributed by atoms with Crippen LogP contribution in [0.3, 0.4) is 0 Å². The standard InChI is InChI=1S/C15H12N2O2S/c1-8(13(16)20)17-14(18)10-6-2-4-9-5-3-7-11(12(9)10)15(17)19/h2-8H,1H3,(H2,16,20). The summed E-state index contributed by atoms with van der Waals surface area (Å²) >= 11 is 4.92. The summed E-state index contributed by atoms with van der Waals surface area (Å²) in [5, 5.41) is 1.58. The zero-order valence-corrected chi connectivity index (χ0v) is 11.6. The second-order valence-electron chi connectivity index (χ2n) is 4.77. The molecular weight excluding hydrogens is 272 g/mol. The van der Waals surface area contributed by atoms with Gasteiger partial charge in [-0.25, -0.2) is 0 Å². The molecule has 1 aliphatic rings. The third-order valence-corrected chi connectivity index (χ3v) is 3.94. The number of hydrogen-bond donors (Lipinski definition) is 1. The highest BCUT2D eigenvalue weighted by Gasteiger charge is 2.36. The van der Waals surface area contributed by atoms with Gasteiger partial charge in [0, 0.05) is 16.5 Å². The normalized spacial score (nSPS) is 15.6. The fourth-order valence-corrected chi connectivity index (χ4v) is 2.63. The van der Waals surface area contributed by atoms with Gasteiger partial charge in [0.2, 0.25) is 0 Å². The lowest BCUT2D eigenvalue weighted by Gasteiger charge is -2.31. The maximum absolute atomic E-state index is 12.5. The third kappa shape index (κ3) is 1.63. The summed E-state index contributed by atoms with van der Waals surface area (Å²) < 4.78 is 0. The zero-order chi connectivity index (χ0) is 14.4. The molecule has 2 N–H and O–H groups in total. The Kier molecular flexibility index (Phi) is 2.79. The molecule has 0 spiro atoms. The SMILES string of the molecule is CC(C(N)=S)N1C(=O)c2cccc3cccc(c23)C1=O. The Morgan fingerprint density at radius 2 is 1.60 bits per heavy atom. The zero-order valence-electron chi connectivity index (χ0n) is 10.8. The first-order valence-electron chi connectivity index (χ1n) is 6.21. The summed E-state index contributed by atoms with van der Waals surface area (Å²) in [6.45, 7) is 1.66. The summed E-state index contributed by atoms with van der Waals surface area (Å²) in [6.07, 6.45) is 0. The van der Waals surface area contributed by atoms with Gasteiger partial charge in [-0.05, 0) is 24.4 Å². The number of nitrogens with zero attached hydrogens (tertiary/aromatic N) is 1. The van der Waals surface area contributed by atoms with E-state index in [2.05, 4.69) is 0 Å². The number of imide groups is 1. The van der Waals surface area contributed by atoms with Crippen molar-refractivity contribution in [2.24, 2.45) is 5.73 Å². The van der Waals surface area contributed by atoms with Crippen LogP contribution >= 0.6 is 12.2 Å². The van der Waals surface area contributed by atoms with Gasteiger partial charge in [-0.2, -0.15) is 0 Å². The molecule has 1 aliphatic heterocycles. The van der Waals surface area contributed by atoms with Crippen LogP contribution in [0.5, 0.6) is 0 Å². The summed E-state index contributed by atoms with van der Waals surface area (Å²) in [5.41, 5.74) is 6.62. The molecule has 2 aromatic rings. The molecule has 0 saturated carbocycles. The minimum atomic E-state index is -0.603. The van der Waals surface area contributed by atoms with Gasteiger partial charge in [-0.1, -0.05) is 36.5 Å². The van der Waals surface area contributed by atoms with E-state index in [1.54, 1.807) is 31.2 Å². The van der Waals surface area contributed by atoms with Gasteiger partial charge in [-0.15, -0.1) is 0 Å². The van der Waals surface area contributed by atoms with Gasteiger partial charge in [0.25, 0.3) is 11.8 Å². The van der Waals surface area contributed by atoms with Crippen molar-refractivity contribution < 1.29 is 9.59 Å². The molecule has 0 bridgehead atoms. The smallest absolute Gasteiger partial charge is 0.262 e. The van der Waals surface area contributed by atoms with Crippen LogP contribution in [-0.4, -0.2) is 27.7 Å². The Balaban J connectivity index is 2.29. The molecule has 2 amide bonds. The quantitative estimate of drug-likeness (QED) is 0.677. The molecule has 5 heteroatoms. The molecule has 0 saturated heterocycles. The van der Waals surface area contributed by atoms with Gasteiger partial charge in [0.05, 0.1) is 11.0 Å². The van der Waals surface area contributed by atoms with Crippen molar-refractivity contribution in [2.45, 2.75) is 13.0 Å². The summed E-state index contributed by atoms with van der Waals surface area (Å²) in [4.78, 5) is 26.4. The molecule has 100 valence electrons. The van der Waals surface area contributed by atoms with E-state index in [4.69, 9.17) is 18.0 Å². The van der Waals surface area contributed by atoms with Crippen molar-refractivity contribution in [1.82, 2.24) is 4.90 Å². The number of hydrogen-bond acceptors (Lipinski definition) is 3. The van der Waals surface area contributed by atoms with Crippen LogP contribution < -0.4 is 5.73 Å². The van der Waals surface area contributed by atoms with Gasteiger partial charge in [0.1, 0.15) is 0 Å². The Morgan fingerprint density at radius 3 is 2.05 bits per heavy atom. The molecule has 0 radical (unpaired) electrons. The number of carbonyl (C=O) groups is 2. The molecule has 3 rings (SSSR count). The number of carbonyl (C=O) groups excluding carboxylic acids is 2. The van der Waals surface area contributed by atoms with Gasteiger partial charge in [-0.3, -0.25) is 14.5 Å². The van der Waals surface area contributed by atoms with Crippen molar-refractivity contribution >= 4 is 39.8 Å². The van der Waals surface area contributed by atoms with E-state index >= 15 is 0 Å². The number of thiocarbonyl (C=S) groups is 1. The average Bonchev–Trinajstić information content (AvgIpc) is 2.44. The second-order valence-corrected chi connectivity index (χ2v) is 5.24. The fourth-order valence-electron chi connectivity index (χ4n) is 2.53. The van der Waals surface area contributed by atoms with Crippen molar-refractivity contribution in [3.05, 3.63) is 47.5 Å². The van der Waals surface area contributed by atoms with Gasteiger partial charge in [0.15, 0.2) is 0 Å². The topological polar surface area (TPSA) is 63.4 Å². The van der Waals surface area contributed by atoms with E-state index in [0.717, 1.165) is 10.3 Å². The lowest BCUT2D eigenvalue weighted by atomic mass is 9.93. The molecule has 0 aromatic heterocycles. The van der Waals surface area contributed by atoms with E-state index in [0.29, 0.717) is 16.5 Å². The Morgan fingerprint density at radius 1 is 1.10 bits per heavy atom. The summed E-state index contributed by atoms with van der Waals surface area (Å²) in [7, 11) is 0. The summed E-state index contributed by atoms with van der Waals surface area (Å²) in [5.74, 6) is -0.695. The van der Waals surface area contributed by atoms with E-state index in [9.17, 15) is 9.59 Å². The molecule has 2 aromatic carbocycles. The van der Waals surface area contributed by atoms with Gasteiger partial charge < -0.3 is 5.73 Å². The van der Waals surface area contributed by atoms with Crippen LogP contribution in [0, 0.1) is 0 Å². The number of benzene rings is 2. The van der Waals surface area contributed by atoms with Crippen molar-refractivity contribution in [2.75, 3.05) is 0 Å². The highest BCUT2D eigenvalue weighted by Crippen LogP contribution is 2.30. The molecule has 0 fully saturated rings. The highest BCUT2D eigenvalue weighted by atomic mass is 32.1. The lowest BCUT2D eigenvalue weighted by molar-refractivity contribution is 0.0591. The molecular formula is C15H12N2O2S. The van der Waals surface area contributed by atoms with E-state index in [-0.39, 0.29) is 16.8 Å². The first kappa shape index (κ1) is 12.7. The van der Waals surface area contributed by atoms with Crippen LogP contribution in [0.2, 0.25) is 0 Å². The highest BCUT2D eigenvalue weighted by molar-refractivity contribution is 7.80. The maximum Gasteiger partial charge on any atom is 0.262 e. The second kappa shape index (κ2) is 4.38. The first-order valence-corrected chi connectivity index (χ1v) is 6.62.